The fourth-order valence-electron chi connectivity index (χ4n) is 7.87. The maximum atomic E-state index is 13.0. The summed E-state index contributed by atoms with van der Waals surface area (Å²) in [5.41, 5.74) is 4.53. The molecule has 0 bridgehead atoms. The van der Waals surface area contributed by atoms with Gasteiger partial charge in [-0.15, -0.1) is 0 Å². The van der Waals surface area contributed by atoms with Crippen molar-refractivity contribution in [2.24, 2.45) is 11.8 Å². The molecule has 4 rings (SSSR count). The summed E-state index contributed by atoms with van der Waals surface area (Å²) < 4.78 is 21.9. The van der Waals surface area contributed by atoms with Gasteiger partial charge in [-0.2, -0.15) is 0 Å². The van der Waals surface area contributed by atoms with E-state index >= 15 is 0 Å². The van der Waals surface area contributed by atoms with E-state index in [-0.39, 0.29) is 13.2 Å². The van der Waals surface area contributed by atoms with E-state index < -0.39 is 24.1 Å². The van der Waals surface area contributed by atoms with Gasteiger partial charge in [0.15, 0.2) is 12.2 Å². The van der Waals surface area contributed by atoms with Crippen molar-refractivity contribution >= 4 is 11.9 Å². The lowest BCUT2D eigenvalue weighted by molar-refractivity contribution is -0.179. The second-order valence-electron chi connectivity index (χ2n) is 14.4. The Hall–Kier alpha value is -2.70. The average Bonchev–Trinajstić information content (AvgIpc) is 3.13. The number of hydrogen-bond acceptors (Lipinski definition) is 6. The van der Waals surface area contributed by atoms with Gasteiger partial charge in [-0.25, -0.2) is 9.59 Å². The van der Waals surface area contributed by atoms with Crippen molar-refractivity contribution in [3.63, 3.8) is 0 Å². The summed E-state index contributed by atoms with van der Waals surface area (Å²) in [6.45, 7) is 4.74. The lowest BCUT2D eigenvalue weighted by Crippen LogP contribution is -2.44. The fraction of sp³-hybridized carbons (Fsp3) is 0.667. The summed E-state index contributed by atoms with van der Waals surface area (Å²) in [5.74, 6) is 1.68. The average molecular weight is 663 g/mol. The van der Waals surface area contributed by atoms with Gasteiger partial charge >= 0.3 is 11.9 Å². The molecule has 0 aliphatic heterocycles. The molecule has 1 unspecified atom stereocenters. The summed E-state index contributed by atoms with van der Waals surface area (Å²) in [6.07, 6.45) is 18.6. The Morgan fingerprint density at radius 3 is 1.23 bits per heavy atom. The first-order valence-corrected chi connectivity index (χ1v) is 19.0. The van der Waals surface area contributed by atoms with Crippen LogP contribution in [-0.4, -0.2) is 38.4 Å². The maximum absolute atomic E-state index is 13.0. The van der Waals surface area contributed by atoms with Crippen LogP contribution >= 0.6 is 0 Å². The molecule has 2 atom stereocenters. The van der Waals surface area contributed by atoms with E-state index in [9.17, 15) is 9.59 Å². The van der Waals surface area contributed by atoms with Crippen molar-refractivity contribution in [1.82, 2.24) is 0 Å². The van der Waals surface area contributed by atoms with Crippen LogP contribution in [0, 0.1) is 11.8 Å². The Morgan fingerprint density at radius 2 is 0.917 bits per heavy atom. The molecule has 0 N–H and O–H groups in total. The number of carbonyl (C=O) groups is 2. The number of methoxy groups -OCH3 is 2. The predicted molar refractivity (Wildman–Crippen MR) is 192 cm³/mol. The van der Waals surface area contributed by atoms with Crippen molar-refractivity contribution in [1.29, 1.82) is 0 Å². The molecule has 2 fully saturated rings. The topological polar surface area (TPSA) is 71.1 Å². The predicted octanol–water partition coefficient (Wildman–Crippen LogP) is 10.2. The molecule has 0 spiro atoms. The highest BCUT2D eigenvalue weighted by atomic mass is 16.6. The van der Waals surface area contributed by atoms with E-state index in [1.54, 1.807) is 0 Å². The monoisotopic (exact) mass is 662 g/mol. The Bertz CT molecular complexity index is 1100. The van der Waals surface area contributed by atoms with Crippen LogP contribution in [0.4, 0.5) is 0 Å². The smallest absolute Gasteiger partial charge is 0.338 e. The molecule has 0 heterocycles. The molecule has 6 heteroatoms. The molecule has 0 aromatic heterocycles. The van der Waals surface area contributed by atoms with Gasteiger partial charge < -0.3 is 18.9 Å². The zero-order chi connectivity index (χ0) is 34.1. The lowest BCUT2D eigenvalue weighted by atomic mass is 9.77. The van der Waals surface area contributed by atoms with Crippen molar-refractivity contribution in [3.05, 3.63) is 70.8 Å². The minimum atomic E-state index is -1.23. The van der Waals surface area contributed by atoms with E-state index in [0.29, 0.717) is 11.8 Å². The third-order valence-electron chi connectivity index (χ3n) is 11.0. The summed E-state index contributed by atoms with van der Waals surface area (Å²) in [5, 5.41) is 0. The van der Waals surface area contributed by atoms with Crippen LogP contribution in [0.5, 0.6) is 0 Å². The van der Waals surface area contributed by atoms with Gasteiger partial charge in [0.1, 0.15) is 13.2 Å². The molecular formula is C42H62O6. The summed E-state index contributed by atoms with van der Waals surface area (Å²) in [6, 6.07) is 16.8. The number of esters is 2. The van der Waals surface area contributed by atoms with Gasteiger partial charge in [0.25, 0.3) is 0 Å². The number of ether oxygens (including phenoxy) is 4. The minimum absolute atomic E-state index is 0.0987. The number of hydrogen-bond donors (Lipinski definition) is 0. The number of carbonyl (C=O) groups excluding carboxylic acids is 2. The van der Waals surface area contributed by atoms with Gasteiger partial charge in [0, 0.05) is 14.2 Å². The largest absolute Gasteiger partial charge is 0.459 e. The van der Waals surface area contributed by atoms with Crippen molar-refractivity contribution in [2.75, 3.05) is 14.2 Å². The van der Waals surface area contributed by atoms with Crippen molar-refractivity contribution in [3.8, 4) is 0 Å². The van der Waals surface area contributed by atoms with Gasteiger partial charge in [-0.3, -0.25) is 0 Å². The molecule has 2 aromatic carbocycles. The van der Waals surface area contributed by atoms with Gasteiger partial charge in [-0.1, -0.05) is 114 Å². The van der Waals surface area contributed by atoms with E-state index in [2.05, 4.69) is 38.1 Å². The van der Waals surface area contributed by atoms with Crippen molar-refractivity contribution in [2.45, 2.75) is 154 Å². The van der Waals surface area contributed by atoms with Crippen LogP contribution in [0.2, 0.25) is 0 Å². The highest BCUT2D eigenvalue weighted by Gasteiger charge is 2.37. The molecule has 6 nitrogen and oxygen atoms in total. The standard InChI is InChI=1S/C42H62O6/c1-5-7-9-11-31-13-21-35(22-14-31)37-25-17-33(18-26-37)29-47-41(43)39(45-3)40(46-4)42(44)48-30-34-19-27-38(28-20-34)36-23-15-32(16-24-36)12-10-8-6-2/h17-20,25-28,31-32,35-36,39-40H,5-16,21-24,29-30H2,1-4H3/t31-,32-,35-,36-,39-,40?/m1/s1. The number of benzene rings is 2. The number of rotatable bonds is 19. The first kappa shape index (κ1) is 38.1. The van der Waals surface area contributed by atoms with Crippen LogP contribution < -0.4 is 0 Å². The van der Waals surface area contributed by atoms with Crippen LogP contribution in [0.1, 0.15) is 151 Å². The zero-order valence-electron chi connectivity index (χ0n) is 30.3. The molecule has 0 radical (unpaired) electrons. The molecule has 2 aromatic rings. The van der Waals surface area contributed by atoms with Gasteiger partial charge in [-0.05, 0) is 97.3 Å². The Balaban J connectivity index is 1.19. The summed E-state index contributed by atoms with van der Waals surface area (Å²) in [4.78, 5) is 26.0. The highest BCUT2D eigenvalue weighted by Crippen LogP contribution is 2.39. The van der Waals surface area contributed by atoms with Crippen molar-refractivity contribution < 1.29 is 28.5 Å². The fourth-order valence-corrected chi connectivity index (χ4v) is 7.87. The lowest BCUT2D eigenvalue weighted by Gasteiger charge is -2.29. The van der Waals surface area contributed by atoms with Gasteiger partial charge in [0.2, 0.25) is 0 Å². The SMILES string of the molecule is CCCCC[C@H]1CC[C@H](c2ccc(COC(=O)C(OC)[C@@H](OC)C(=O)OCc3ccc([C@H]4CC[C@H](CCCCC)CC4)cc3)cc2)CC1. The van der Waals surface area contributed by atoms with E-state index in [1.807, 2.05) is 24.3 Å². The molecule has 266 valence electrons. The Kier molecular flexibility index (Phi) is 16.5. The molecule has 0 amide bonds. The van der Waals surface area contributed by atoms with E-state index in [4.69, 9.17) is 18.9 Å². The van der Waals surface area contributed by atoms with Crippen LogP contribution in [0.25, 0.3) is 0 Å². The maximum Gasteiger partial charge on any atom is 0.338 e. The highest BCUT2D eigenvalue weighted by molar-refractivity contribution is 5.85. The van der Waals surface area contributed by atoms with E-state index in [1.165, 1.54) is 128 Å². The second-order valence-corrected chi connectivity index (χ2v) is 14.4. The normalized spacial score (nSPS) is 22.5. The van der Waals surface area contributed by atoms with E-state index in [0.717, 1.165) is 23.0 Å². The molecule has 2 aliphatic rings. The third kappa shape index (κ3) is 11.7. The minimum Gasteiger partial charge on any atom is -0.459 e. The van der Waals surface area contributed by atoms with Crippen LogP contribution in [-0.2, 0) is 41.8 Å². The Morgan fingerprint density at radius 1 is 0.562 bits per heavy atom. The molecule has 0 saturated heterocycles. The summed E-state index contributed by atoms with van der Waals surface area (Å²) >= 11 is 0. The Labute approximate surface area is 290 Å². The molecule has 2 aliphatic carbocycles. The first-order valence-electron chi connectivity index (χ1n) is 19.0. The molecular weight excluding hydrogens is 600 g/mol. The molecule has 48 heavy (non-hydrogen) atoms. The quantitative estimate of drug-likeness (QED) is 0.110. The first-order chi connectivity index (χ1) is 23.4. The third-order valence-corrected chi connectivity index (χ3v) is 11.0. The summed E-state index contributed by atoms with van der Waals surface area (Å²) in [7, 11) is 2.74. The zero-order valence-corrected chi connectivity index (χ0v) is 30.3. The molecule has 2 saturated carbocycles. The second kappa shape index (κ2) is 20.7. The number of unbranched alkanes of at least 4 members (excludes halogenated alkanes) is 4. The van der Waals surface area contributed by atoms with Gasteiger partial charge in [0.05, 0.1) is 0 Å². The van der Waals surface area contributed by atoms with Crippen LogP contribution in [0.15, 0.2) is 48.5 Å². The van der Waals surface area contributed by atoms with Crippen LogP contribution in [0.3, 0.4) is 0 Å².